The van der Waals surface area contributed by atoms with Crippen LogP contribution in [0, 0.1) is 5.92 Å². The number of hydrogen-bond donors (Lipinski definition) is 1. The summed E-state index contributed by atoms with van der Waals surface area (Å²) in [5, 5.41) is 3.20. The number of carbonyl (C=O) groups excluding carboxylic acids is 2. The van der Waals surface area contributed by atoms with Crippen molar-refractivity contribution in [3.05, 3.63) is 0 Å². The molecule has 0 bridgehead atoms. The zero-order valence-corrected chi connectivity index (χ0v) is 12.3. The van der Waals surface area contributed by atoms with Crippen molar-refractivity contribution >= 4 is 11.9 Å². The van der Waals surface area contributed by atoms with Gasteiger partial charge in [-0.25, -0.2) is 0 Å². The van der Waals surface area contributed by atoms with E-state index in [-0.39, 0.29) is 17.8 Å². The third kappa shape index (κ3) is 5.19. The van der Waals surface area contributed by atoms with Gasteiger partial charge in [0, 0.05) is 19.1 Å². The molecular weight excluding hydrogens is 244 g/mol. The van der Waals surface area contributed by atoms with Crippen LogP contribution in [0.5, 0.6) is 0 Å². The Labute approximate surface area is 115 Å². The molecule has 1 atom stereocenters. The molecule has 1 saturated heterocycles. The monoisotopic (exact) mass is 270 g/mol. The van der Waals surface area contributed by atoms with E-state index in [4.69, 9.17) is 4.74 Å². The van der Waals surface area contributed by atoms with Gasteiger partial charge in [-0.1, -0.05) is 6.92 Å². The van der Waals surface area contributed by atoms with Gasteiger partial charge in [0.15, 0.2) is 0 Å². The Bertz CT molecular complexity index is 299. The summed E-state index contributed by atoms with van der Waals surface area (Å²) in [6, 6.07) is 0.362. The molecule has 1 heterocycles. The summed E-state index contributed by atoms with van der Waals surface area (Å²) >= 11 is 0. The Morgan fingerprint density at radius 2 is 1.95 bits per heavy atom. The van der Waals surface area contributed by atoms with E-state index < -0.39 is 0 Å². The van der Waals surface area contributed by atoms with Crippen molar-refractivity contribution in [2.24, 2.45) is 5.92 Å². The largest absolute Gasteiger partial charge is 0.466 e. The van der Waals surface area contributed by atoms with Crippen LogP contribution in [0.25, 0.3) is 0 Å². The number of esters is 1. The normalized spacial score (nSPS) is 18.2. The van der Waals surface area contributed by atoms with Crippen LogP contribution < -0.4 is 5.32 Å². The highest BCUT2D eigenvalue weighted by Crippen LogP contribution is 2.18. The molecular formula is C14H26N2O3. The second kappa shape index (κ2) is 8.15. The first-order valence-electron chi connectivity index (χ1n) is 7.26. The molecule has 0 aromatic rings. The standard InChI is InChI=1S/C14H26N2O3/c1-4-11(3)15-10-13(17)16-8-6-12(7-9-16)14(18)19-5-2/h11-12,15H,4-10H2,1-3H3. The topological polar surface area (TPSA) is 58.6 Å². The summed E-state index contributed by atoms with van der Waals surface area (Å²) in [6.45, 7) is 8.11. The first-order valence-corrected chi connectivity index (χ1v) is 7.26. The summed E-state index contributed by atoms with van der Waals surface area (Å²) in [7, 11) is 0. The van der Waals surface area contributed by atoms with E-state index in [2.05, 4.69) is 19.2 Å². The third-order valence-corrected chi connectivity index (χ3v) is 3.68. The van der Waals surface area contributed by atoms with Crippen molar-refractivity contribution in [1.82, 2.24) is 10.2 Å². The molecule has 0 spiro atoms. The fourth-order valence-electron chi connectivity index (χ4n) is 2.14. The SMILES string of the molecule is CCOC(=O)C1CCN(C(=O)CNC(C)CC)CC1. The van der Waals surface area contributed by atoms with E-state index in [1.807, 2.05) is 11.8 Å². The molecule has 5 nitrogen and oxygen atoms in total. The van der Waals surface area contributed by atoms with E-state index in [9.17, 15) is 9.59 Å². The fourth-order valence-corrected chi connectivity index (χ4v) is 2.14. The zero-order chi connectivity index (χ0) is 14.3. The summed E-state index contributed by atoms with van der Waals surface area (Å²) in [4.78, 5) is 25.4. The lowest BCUT2D eigenvalue weighted by Crippen LogP contribution is -2.45. The first kappa shape index (κ1) is 16.0. The van der Waals surface area contributed by atoms with Crippen molar-refractivity contribution in [2.45, 2.75) is 46.1 Å². The lowest BCUT2D eigenvalue weighted by atomic mass is 9.97. The number of hydrogen-bond acceptors (Lipinski definition) is 4. The smallest absolute Gasteiger partial charge is 0.309 e. The first-order chi connectivity index (χ1) is 9.08. The predicted molar refractivity (Wildman–Crippen MR) is 73.7 cm³/mol. The summed E-state index contributed by atoms with van der Waals surface area (Å²) < 4.78 is 5.02. The van der Waals surface area contributed by atoms with Gasteiger partial charge >= 0.3 is 5.97 Å². The lowest BCUT2D eigenvalue weighted by molar-refractivity contribution is -0.151. The van der Waals surface area contributed by atoms with Gasteiger partial charge in [0.2, 0.25) is 5.91 Å². The predicted octanol–water partition coefficient (Wildman–Crippen LogP) is 1.18. The number of carbonyl (C=O) groups is 2. The molecule has 0 aliphatic carbocycles. The van der Waals surface area contributed by atoms with E-state index >= 15 is 0 Å². The fraction of sp³-hybridized carbons (Fsp3) is 0.857. The van der Waals surface area contributed by atoms with Crippen LogP contribution in [-0.4, -0.2) is 49.1 Å². The van der Waals surface area contributed by atoms with Crippen LogP contribution in [0.1, 0.15) is 40.0 Å². The molecule has 1 aliphatic rings. The van der Waals surface area contributed by atoms with Crippen LogP contribution in [-0.2, 0) is 14.3 Å². The molecule has 0 aromatic heterocycles. The molecule has 110 valence electrons. The summed E-state index contributed by atoms with van der Waals surface area (Å²) in [5.74, 6) is -0.0264. The van der Waals surface area contributed by atoms with E-state index in [0.29, 0.717) is 45.1 Å². The second-order valence-corrected chi connectivity index (χ2v) is 5.10. The van der Waals surface area contributed by atoms with Crippen LogP contribution in [0.2, 0.25) is 0 Å². The number of nitrogens with one attached hydrogen (secondary N) is 1. The number of amides is 1. The van der Waals surface area contributed by atoms with Gasteiger partial charge in [-0.3, -0.25) is 9.59 Å². The Balaban J connectivity index is 2.29. The number of nitrogens with zero attached hydrogens (tertiary/aromatic N) is 1. The van der Waals surface area contributed by atoms with Crippen molar-refractivity contribution in [3.63, 3.8) is 0 Å². The Hall–Kier alpha value is -1.10. The van der Waals surface area contributed by atoms with Gasteiger partial charge in [0.1, 0.15) is 0 Å². The van der Waals surface area contributed by atoms with Gasteiger partial charge < -0.3 is 15.0 Å². The molecule has 1 N–H and O–H groups in total. The minimum atomic E-state index is -0.118. The lowest BCUT2D eigenvalue weighted by Gasteiger charge is -2.31. The molecule has 5 heteroatoms. The molecule has 1 fully saturated rings. The van der Waals surface area contributed by atoms with E-state index in [1.54, 1.807) is 0 Å². The van der Waals surface area contributed by atoms with Gasteiger partial charge in [-0.15, -0.1) is 0 Å². The molecule has 0 radical (unpaired) electrons. The third-order valence-electron chi connectivity index (χ3n) is 3.68. The molecule has 1 unspecified atom stereocenters. The van der Waals surface area contributed by atoms with E-state index in [0.717, 1.165) is 6.42 Å². The maximum absolute atomic E-state index is 12.0. The van der Waals surface area contributed by atoms with Crippen molar-refractivity contribution in [3.8, 4) is 0 Å². The van der Waals surface area contributed by atoms with Gasteiger partial charge in [-0.05, 0) is 33.1 Å². The number of ether oxygens (including phenoxy) is 1. The van der Waals surface area contributed by atoms with Crippen molar-refractivity contribution < 1.29 is 14.3 Å². The van der Waals surface area contributed by atoms with Crippen LogP contribution >= 0.6 is 0 Å². The minimum absolute atomic E-state index is 0.0356. The van der Waals surface area contributed by atoms with Gasteiger partial charge in [-0.2, -0.15) is 0 Å². The van der Waals surface area contributed by atoms with E-state index in [1.165, 1.54) is 0 Å². The highest BCUT2D eigenvalue weighted by atomic mass is 16.5. The molecule has 1 rings (SSSR count). The van der Waals surface area contributed by atoms with Crippen molar-refractivity contribution in [2.75, 3.05) is 26.2 Å². The Morgan fingerprint density at radius 3 is 2.47 bits per heavy atom. The molecule has 0 aromatic carbocycles. The summed E-state index contributed by atoms with van der Waals surface area (Å²) in [6.07, 6.45) is 2.44. The van der Waals surface area contributed by atoms with Gasteiger partial charge in [0.05, 0.1) is 19.1 Å². The minimum Gasteiger partial charge on any atom is -0.466 e. The second-order valence-electron chi connectivity index (χ2n) is 5.10. The average molecular weight is 270 g/mol. The maximum atomic E-state index is 12.0. The Morgan fingerprint density at radius 1 is 1.32 bits per heavy atom. The number of piperidine rings is 1. The molecule has 1 aliphatic heterocycles. The zero-order valence-electron chi connectivity index (χ0n) is 12.3. The van der Waals surface area contributed by atoms with Crippen LogP contribution in [0.3, 0.4) is 0 Å². The molecule has 0 saturated carbocycles. The highest BCUT2D eigenvalue weighted by Gasteiger charge is 2.27. The van der Waals surface area contributed by atoms with Crippen LogP contribution in [0.4, 0.5) is 0 Å². The number of likely N-dealkylation sites (tertiary alicyclic amines) is 1. The maximum Gasteiger partial charge on any atom is 0.309 e. The Kier molecular flexibility index (Phi) is 6.84. The van der Waals surface area contributed by atoms with Gasteiger partial charge in [0.25, 0.3) is 0 Å². The molecule has 19 heavy (non-hydrogen) atoms. The number of rotatable bonds is 6. The highest BCUT2D eigenvalue weighted by molar-refractivity contribution is 5.79. The molecule has 1 amide bonds. The average Bonchev–Trinajstić information content (AvgIpc) is 2.44. The quantitative estimate of drug-likeness (QED) is 0.736. The summed E-state index contributed by atoms with van der Waals surface area (Å²) in [5.41, 5.74) is 0. The van der Waals surface area contributed by atoms with Crippen molar-refractivity contribution in [1.29, 1.82) is 0 Å². The van der Waals surface area contributed by atoms with Crippen LogP contribution in [0.15, 0.2) is 0 Å².